The molecular weight excluding hydrogens is 236 g/mol. The van der Waals surface area contributed by atoms with Crippen LogP contribution in [-0.2, 0) is 6.54 Å². The Hall–Kier alpha value is -0.900. The van der Waals surface area contributed by atoms with Crippen LogP contribution in [0.25, 0.3) is 0 Å². The van der Waals surface area contributed by atoms with Gasteiger partial charge in [-0.25, -0.2) is 0 Å². The number of hydrogen-bond acceptors (Lipinski definition) is 3. The summed E-state index contributed by atoms with van der Waals surface area (Å²) in [7, 11) is 0. The minimum absolute atomic E-state index is 0.305. The van der Waals surface area contributed by atoms with E-state index >= 15 is 0 Å². The second-order valence-corrected chi connectivity index (χ2v) is 6.00. The molecule has 3 nitrogen and oxygen atoms in total. The first-order chi connectivity index (χ1) is 9.35. The van der Waals surface area contributed by atoms with E-state index in [4.69, 9.17) is 0 Å². The lowest BCUT2D eigenvalue weighted by Crippen LogP contribution is -2.55. The van der Waals surface area contributed by atoms with Crippen LogP contribution >= 0.6 is 0 Å². The summed E-state index contributed by atoms with van der Waals surface area (Å²) < 4.78 is 0. The molecular formula is C16H24N2O. The van der Waals surface area contributed by atoms with Gasteiger partial charge in [-0.1, -0.05) is 30.3 Å². The fourth-order valence-electron chi connectivity index (χ4n) is 2.98. The summed E-state index contributed by atoms with van der Waals surface area (Å²) >= 11 is 0. The predicted octanol–water partition coefficient (Wildman–Crippen LogP) is 1.62. The number of hydrogen-bond donors (Lipinski definition) is 2. The van der Waals surface area contributed by atoms with E-state index in [1.807, 2.05) is 0 Å². The third-order valence-electron chi connectivity index (χ3n) is 4.27. The van der Waals surface area contributed by atoms with Gasteiger partial charge in [0.25, 0.3) is 0 Å². The Morgan fingerprint density at radius 3 is 2.58 bits per heavy atom. The maximum Gasteiger partial charge on any atom is 0.0445 e. The third kappa shape index (κ3) is 3.56. The molecule has 1 saturated heterocycles. The van der Waals surface area contributed by atoms with Gasteiger partial charge in [0.15, 0.2) is 0 Å². The number of rotatable bonds is 7. The first-order valence-electron chi connectivity index (χ1n) is 7.48. The van der Waals surface area contributed by atoms with E-state index in [1.54, 1.807) is 0 Å². The number of nitrogens with zero attached hydrogens (tertiary/aromatic N) is 1. The molecule has 1 aromatic rings. The van der Waals surface area contributed by atoms with Crippen LogP contribution in [0, 0.1) is 5.92 Å². The van der Waals surface area contributed by atoms with Gasteiger partial charge in [-0.05, 0) is 30.7 Å². The van der Waals surface area contributed by atoms with Crippen molar-refractivity contribution < 1.29 is 5.11 Å². The Morgan fingerprint density at radius 1 is 1.21 bits per heavy atom. The largest absolute Gasteiger partial charge is 0.396 e. The zero-order valence-electron chi connectivity index (χ0n) is 11.5. The lowest BCUT2D eigenvalue weighted by atomic mass is 9.89. The average Bonchev–Trinajstić information content (AvgIpc) is 3.18. The van der Waals surface area contributed by atoms with E-state index < -0.39 is 0 Å². The van der Waals surface area contributed by atoms with Crippen molar-refractivity contribution in [1.82, 2.24) is 10.2 Å². The number of benzene rings is 1. The highest BCUT2D eigenvalue weighted by atomic mass is 16.3. The molecule has 0 spiro atoms. The molecule has 104 valence electrons. The molecule has 0 amide bonds. The molecule has 2 fully saturated rings. The van der Waals surface area contributed by atoms with Crippen molar-refractivity contribution in [2.75, 3.05) is 19.7 Å². The average molecular weight is 260 g/mol. The normalized spacial score (nSPS) is 22.2. The Labute approximate surface area is 115 Å². The molecule has 1 aliphatic heterocycles. The van der Waals surface area contributed by atoms with E-state index in [0.717, 1.165) is 24.9 Å². The summed E-state index contributed by atoms with van der Waals surface area (Å²) in [4.78, 5) is 2.50. The van der Waals surface area contributed by atoms with E-state index in [2.05, 4.69) is 40.5 Å². The summed E-state index contributed by atoms with van der Waals surface area (Å²) in [6.45, 7) is 3.70. The number of aliphatic hydroxyl groups excluding tert-OH is 1. The monoisotopic (exact) mass is 260 g/mol. The van der Waals surface area contributed by atoms with Gasteiger partial charge in [0, 0.05) is 38.3 Å². The SMILES string of the molecule is OCCC(NC1CC1)C1CN(Cc2ccccc2)C1. The molecule has 0 aromatic heterocycles. The van der Waals surface area contributed by atoms with Gasteiger partial charge in [-0.2, -0.15) is 0 Å². The lowest BCUT2D eigenvalue weighted by Gasteiger charge is -2.44. The Kier molecular flexibility index (Phi) is 4.16. The highest BCUT2D eigenvalue weighted by Gasteiger charge is 2.35. The molecule has 1 saturated carbocycles. The summed E-state index contributed by atoms with van der Waals surface area (Å²) in [5, 5.41) is 12.9. The highest BCUT2D eigenvalue weighted by molar-refractivity contribution is 5.15. The van der Waals surface area contributed by atoms with Gasteiger partial charge < -0.3 is 10.4 Å². The van der Waals surface area contributed by atoms with Crippen LogP contribution in [0.1, 0.15) is 24.8 Å². The van der Waals surface area contributed by atoms with Crippen LogP contribution in [0.3, 0.4) is 0 Å². The molecule has 3 heteroatoms. The van der Waals surface area contributed by atoms with Crippen LogP contribution in [0.15, 0.2) is 30.3 Å². The molecule has 3 rings (SSSR count). The third-order valence-corrected chi connectivity index (χ3v) is 4.27. The number of aliphatic hydroxyl groups is 1. The van der Waals surface area contributed by atoms with Crippen LogP contribution < -0.4 is 5.32 Å². The topological polar surface area (TPSA) is 35.5 Å². The van der Waals surface area contributed by atoms with Gasteiger partial charge in [0.1, 0.15) is 0 Å². The van der Waals surface area contributed by atoms with E-state index in [-0.39, 0.29) is 0 Å². The standard InChI is InChI=1S/C16H24N2O/c19-9-8-16(17-15-6-7-15)14-11-18(12-14)10-13-4-2-1-3-5-13/h1-5,14-17,19H,6-12H2. The van der Waals surface area contributed by atoms with Gasteiger partial charge in [-0.3, -0.25) is 4.90 Å². The quantitative estimate of drug-likeness (QED) is 0.782. The first-order valence-corrected chi connectivity index (χ1v) is 7.48. The van der Waals surface area contributed by atoms with Gasteiger partial charge in [0.2, 0.25) is 0 Å². The van der Waals surface area contributed by atoms with E-state index in [1.165, 1.54) is 31.5 Å². The molecule has 1 aromatic carbocycles. The second-order valence-electron chi connectivity index (χ2n) is 6.00. The maximum absolute atomic E-state index is 9.19. The van der Waals surface area contributed by atoms with Crippen LogP contribution in [0.2, 0.25) is 0 Å². The predicted molar refractivity (Wildman–Crippen MR) is 76.9 cm³/mol. The maximum atomic E-state index is 9.19. The summed E-state index contributed by atoms with van der Waals surface area (Å²) in [6, 6.07) is 11.9. The molecule has 1 atom stereocenters. The Bertz CT molecular complexity index is 385. The van der Waals surface area contributed by atoms with Crippen molar-refractivity contribution in [3.63, 3.8) is 0 Å². The molecule has 2 N–H and O–H groups in total. The minimum Gasteiger partial charge on any atom is -0.396 e. The van der Waals surface area contributed by atoms with Crippen molar-refractivity contribution >= 4 is 0 Å². The summed E-state index contributed by atoms with van der Waals surface area (Å²) in [5.41, 5.74) is 1.40. The number of likely N-dealkylation sites (tertiary alicyclic amines) is 1. The fourth-order valence-corrected chi connectivity index (χ4v) is 2.98. The van der Waals surface area contributed by atoms with Crippen molar-refractivity contribution in [3.05, 3.63) is 35.9 Å². The van der Waals surface area contributed by atoms with Crippen LogP contribution in [-0.4, -0.2) is 41.8 Å². The van der Waals surface area contributed by atoms with E-state index in [0.29, 0.717) is 12.6 Å². The zero-order chi connectivity index (χ0) is 13.1. The Balaban J connectivity index is 1.45. The highest BCUT2D eigenvalue weighted by Crippen LogP contribution is 2.27. The zero-order valence-corrected chi connectivity index (χ0v) is 11.5. The van der Waals surface area contributed by atoms with Crippen LogP contribution in [0.4, 0.5) is 0 Å². The summed E-state index contributed by atoms with van der Waals surface area (Å²) in [5.74, 6) is 0.719. The van der Waals surface area contributed by atoms with Gasteiger partial charge in [-0.15, -0.1) is 0 Å². The molecule has 0 radical (unpaired) electrons. The van der Waals surface area contributed by atoms with Gasteiger partial charge >= 0.3 is 0 Å². The molecule has 0 bridgehead atoms. The first kappa shape index (κ1) is 13.1. The Morgan fingerprint density at radius 2 is 1.95 bits per heavy atom. The lowest BCUT2D eigenvalue weighted by molar-refractivity contribution is 0.0556. The van der Waals surface area contributed by atoms with Crippen LogP contribution in [0.5, 0.6) is 0 Å². The van der Waals surface area contributed by atoms with Gasteiger partial charge in [0.05, 0.1) is 0 Å². The van der Waals surface area contributed by atoms with Crippen molar-refractivity contribution in [2.24, 2.45) is 5.92 Å². The smallest absolute Gasteiger partial charge is 0.0445 e. The minimum atomic E-state index is 0.305. The second kappa shape index (κ2) is 6.04. The molecule has 1 aliphatic carbocycles. The molecule has 2 aliphatic rings. The number of nitrogens with one attached hydrogen (secondary N) is 1. The molecule has 1 heterocycles. The molecule has 19 heavy (non-hydrogen) atoms. The van der Waals surface area contributed by atoms with Crippen molar-refractivity contribution in [1.29, 1.82) is 0 Å². The van der Waals surface area contributed by atoms with E-state index in [9.17, 15) is 5.11 Å². The molecule has 1 unspecified atom stereocenters. The fraction of sp³-hybridized carbons (Fsp3) is 0.625. The summed E-state index contributed by atoms with van der Waals surface area (Å²) in [6.07, 6.45) is 3.55. The van der Waals surface area contributed by atoms with Crippen molar-refractivity contribution in [3.8, 4) is 0 Å². The van der Waals surface area contributed by atoms with Crippen molar-refractivity contribution in [2.45, 2.75) is 37.9 Å².